The molecular weight excluding hydrogens is 186 g/mol. The lowest BCUT2D eigenvalue weighted by molar-refractivity contribution is 0.963. The molecule has 3 aromatic rings. The molecule has 2 aromatic heterocycles. The first-order chi connectivity index (χ1) is 7.36. The van der Waals surface area contributed by atoms with Gasteiger partial charge in [0.05, 0.1) is 11.4 Å². The fourth-order valence-corrected chi connectivity index (χ4v) is 1.95. The predicted molar refractivity (Wildman–Crippen MR) is 60.5 cm³/mol. The Kier molecular flexibility index (Phi) is 1.65. The molecule has 0 aliphatic heterocycles. The van der Waals surface area contributed by atoms with Crippen molar-refractivity contribution >= 4 is 10.9 Å². The van der Waals surface area contributed by atoms with Crippen molar-refractivity contribution < 1.29 is 0 Å². The van der Waals surface area contributed by atoms with Crippen LogP contribution in [0, 0.1) is 0 Å². The maximum Gasteiger partial charge on any atom is 0.0814 e. The lowest BCUT2D eigenvalue weighted by Crippen LogP contribution is -1.90. The van der Waals surface area contributed by atoms with Crippen LogP contribution in [0.25, 0.3) is 22.3 Å². The van der Waals surface area contributed by atoms with Crippen molar-refractivity contribution in [3.8, 4) is 11.4 Å². The quantitative estimate of drug-likeness (QED) is 0.639. The number of para-hydroxylation sites is 1. The Balaban J connectivity index is 2.33. The highest BCUT2D eigenvalue weighted by atomic mass is 15.1. The molecule has 0 fully saturated rings. The van der Waals surface area contributed by atoms with E-state index in [1.807, 2.05) is 6.07 Å². The van der Waals surface area contributed by atoms with Crippen LogP contribution >= 0.6 is 0 Å². The first-order valence-corrected chi connectivity index (χ1v) is 4.90. The van der Waals surface area contributed by atoms with Crippen LogP contribution in [0.2, 0.25) is 0 Å². The van der Waals surface area contributed by atoms with Gasteiger partial charge in [-0.3, -0.25) is 5.10 Å². The molecule has 2 heterocycles. The first kappa shape index (κ1) is 8.29. The van der Waals surface area contributed by atoms with Gasteiger partial charge < -0.3 is 4.57 Å². The number of fused-ring (bicyclic) bond motifs is 1. The average molecular weight is 197 g/mol. The van der Waals surface area contributed by atoms with E-state index in [1.54, 1.807) is 6.20 Å². The van der Waals surface area contributed by atoms with E-state index in [9.17, 15) is 0 Å². The number of nitrogens with one attached hydrogen (secondary N) is 1. The lowest BCUT2D eigenvalue weighted by atomic mass is 10.2. The van der Waals surface area contributed by atoms with Crippen molar-refractivity contribution in [1.29, 1.82) is 0 Å². The van der Waals surface area contributed by atoms with Gasteiger partial charge in [0.15, 0.2) is 0 Å². The Morgan fingerprint density at radius 2 is 2.07 bits per heavy atom. The van der Waals surface area contributed by atoms with Crippen LogP contribution in [-0.4, -0.2) is 14.8 Å². The lowest BCUT2D eigenvalue weighted by Gasteiger charge is -2.00. The van der Waals surface area contributed by atoms with E-state index in [0.717, 1.165) is 11.4 Å². The average Bonchev–Trinajstić information content (AvgIpc) is 2.87. The predicted octanol–water partition coefficient (Wildman–Crippen LogP) is 2.57. The maximum atomic E-state index is 3.97. The number of hydrogen-bond acceptors (Lipinski definition) is 1. The second-order valence-electron chi connectivity index (χ2n) is 3.62. The summed E-state index contributed by atoms with van der Waals surface area (Å²) in [6, 6.07) is 12.5. The van der Waals surface area contributed by atoms with E-state index in [1.165, 1.54) is 10.9 Å². The zero-order valence-electron chi connectivity index (χ0n) is 8.44. The Morgan fingerprint density at radius 1 is 1.20 bits per heavy atom. The summed E-state index contributed by atoms with van der Waals surface area (Å²) >= 11 is 0. The van der Waals surface area contributed by atoms with Crippen LogP contribution in [0.15, 0.2) is 42.6 Å². The number of aryl methyl sites for hydroxylation is 1. The number of rotatable bonds is 1. The molecule has 0 atom stereocenters. The molecule has 15 heavy (non-hydrogen) atoms. The van der Waals surface area contributed by atoms with E-state index < -0.39 is 0 Å². The van der Waals surface area contributed by atoms with E-state index in [4.69, 9.17) is 0 Å². The van der Waals surface area contributed by atoms with Gasteiger partial charge in [-0.05, 0) is 18.2 Å². The minimum absolute atomic E-state index is 1.05. The fraction of sp³-hybridized carbons (Fsp3) is 0.0833. The highest BCUT2D eigenvalue weighted by molar-refractivity contribution is 5.86. The van der Waals surface area contributed by atoms with E-state index in [2.05, 4.69) is 52.1 Å². The third-order valence-electron chi connectivity index (χ3n) is 2.73. The summed E-state index contributed by atoms with van der Waals surface area (Å²) < 4.78 is 2.17. The minimum atomic E-state index is 1.05. The summed E-state index contributed by atoms with van der Waals surface area (Å²) in [6.07, 6.45) is 1.77. The second kappa shape index (κ2) is 2.98. The van der Waals surface area contributed by atoms with Crippen molar-refractivity contribution in [1.82, 2.24) is 14.8 Å². The summed E-state index contributed by atoms with van der Waals surface area (Å²) in [4.78, 5) is 0. The smallest absolute Gasteiger partial charge is 0.0814 e. The van der Waals surface area contributed by atoms with E-state index >= 15 is 0 Å². The van der Waals surface area contributed by atoms with Gasteiger partial charge in [0.1, 0.15) is 0 Å². The molecule has 3 rings (SSSR count). The fourth-order valence-electron chi connectivity index (χ4n) is 1.95. The Hall–Kier alpha value is -2.03. The first-order valence-electron chi connectivity index (χ1n) is 4.90. The molecule has 0 radical (unpaired) electrons. The normalized spacial score (nSPS) is 11.0. The molecule has 3 nitrogen and oxygen atoms in total. The van der Waals surface area contributed by atoms with Gasteiger partial charge in [0.2, 0.25) is 0 Å². The van der Waals surface area contributed by atoms with Crippen LogP contribution in [-0.2, 0) is 7.05 Å². The van der Waals surface area contributed by atoms with Gasteiger partial charge in [0, 0.05) is 24.1 Å². The van der Waals surface area contributed by atoms with Crippen LogP contribution < -0.4 is 0 Å². The molecule has 0 amide bonds. The van der Waals surface area contributed by atoms with Gasteiger partial charge in [0.25, 0.3) is 0 Å². The van der Waals surface area contributed by atoms with E-state index in [0.29, 0.717) is 0 Å². The van der Waals surface area contributed by atoms with Crippen LogP contribution in [0.4, 0.5) is 0 Å². The topological polar surface area (TPSA) is 33.6 Å². The van der Waals surface area contributed by atoms with Crippen molar-refractivity contribution in [2.24, 2.45) is 7.05 Å². The van der Waals surface area contributed by atoms with E-state index in [-0.39, 0.29) is 0 Å². The number of H-pyrrole nitrogens is 1. The second-order valence-corrected chi connectivity index (χ2v) is 3.62. The standard InChI is InChI=1S/C12H11N3/c1-15-11-5-3-2-4-9(11)8-12(15)10-6-7-13-14-10/h2-8H,1H3,(H,13,14). The van der Waals surface area contributed by atoms with Gasteiger partial charge in [-0.2, -0.15) is 5.10 Å². The third-order valence-corrected chi connectivity index (χ3v) is 2.73. The molecule has 0 unspecified atom stereocenters. The Bertz CT molecular complexity index is 590. The molecule has 1 aromatic carbocycles. The molecule has 0 aliphatic rings. The summed E-state index contributed by atoms with van der Waals surface area (Å²) in [5.41, 5.74) is 3.45. The molecular formula is C12H11N3. The largest absolute Gasteiger partial charge is 0.342 e. The zero-order valence-corrected chi connectivity index (χ0v) is 8.44. The number of nitrogens with zero attached hydrogens (tertiary/aromatic N) is 2. The van der Waals surface area contributed by atoms with Crippen molar-refractivity contribution in [2.75, 3.05) is 0 Å². The molecule has 3 heteroatoms. The van der Waals surface area contributed by atoms with Crippen molar-refractivity contribution in [3.63, 3.8) is 0 Å². The monoisotopic (exact) mass is 197 g/mol. The van der Waals surface area contributed by atoms with Crippen LogP contribution in [0.3, 0.4) is 0 Å². The van der Waals surface area contributed by atoms with Crippen molar-refractivity contribution in [2.45, 2.75) is 0 Å². The minimum Gasteiger partial charge on any atom is -0.342 e. The van der Waals surface area contributed by atoms with Gasteiger partial charge >= 0.3 is 0 Å². The van der Waals surface area contributed by atoms with Crippen LogP contribution in [0.1, 0.15) is 0 Å². The molecule has 0 saturated carbocycles. The number of hydrogen-bond donors (Lipinski definition) is 1. The van der Waals surface area contributed by atoms with Gasteiger partial charge in [-0.1, -0.05) is 18.2 Å². The Labute approximate surface area is 87.4 Å². The molecule has 0 spiro atoms. The summed E-state index contributed by atoms with van der Waals surface area (Å²) in [7, 11) is 2.07. The maximum absolute atomic E-state index is 3.97. The van der Waals surface area contributed by atoms with Gasteiger partial charge in [-0.15, -0.1) is 0 Å². The van der Waals surface area contributed by atoms with Crippen molar-refractivity contribution in [3.05, 3.63) is 42.6 Å². The highest BCUT2D eigenvalue weighted by Crippen LogP contribution is 2.25. The summed E-state index contributed by atoms with van der Waals surface area (Å²) in [6.45, 7) is 0. The molecule has 0 saturated heterocycles. The third kappa shape index (κ3) is 1.16. The molecule has 74 valence electrons. The Morgan fingerprint density at radius 3 is 2.80 bits per heavy atom. The highest BCUT2D eigenvalue weighted by Gasteiger charge is 2.07. The summed E-state index contributed by atoms with van der Waals surface area (Å²) in [5, 5.41) is 8.21. The molecule has 0 bridgehead atoms. The zero-order chi connectivity index (χ0) is 10.3. The molecule has 0 aliphatic carbocycles. The number of aromatic amines is 1. The number of benzene rings is 1. The number of aromatic nitrogens is 3. The summed E-state index contributed by atoms with van der Waals surface area (Å²) in [5.74, 6) is 0. The van der Waals surface area contributed by atoms with Gasteiger partial charge in [-0.25, -0.2) is 0 Å². The van der Waals surface area contributed by atoms with Crippen LogP contribution in [0.5, 0.6) is 0 Å². The SMILES string of the molecule is Cn1c(-c2ccn[nH]2)cc2ccccc21. The molecule has 1 N–H and O–H groups in total.